The van der Waals surface area contributed by atoms with E-state index in [4.69, 9.17) is 5.73 Å². The van der Waals surface area contributed by atoms with Gasteiger partial charge >= 0.3 is 0 Å². The largest absolute Gasteiger partial charge is 0.393 e. The van der Waals surface area contributed by atoms with Gasteiger partial charge in [-0.2, -0.15) is 0 Å². The fraction of sp³-hybridized carbons (Fsp3) is 0.227. The molecule has 3 aromatic rings. The number of nitrogens with zero attached hydrogens (tertiary/aromatic N) is 4. The van der Waals surface area contributed by atoms with Gasteiger partial charge in [0.1, 0.15) is 12.0 Å². The van der Waals surface area contributed by atoms with Crippen molar-refractivity contribution in [2.45, 2.75) is 6.54 Å². The van der Waals surface area contributed by atoms with Crippen molar-refractivity contribution in [2.75, 3.05) is 42.2 Å². The zero-order chi connectivity index (χ0) is 21.6. The van der Waals surface area contributed by atoms with E-state index in [1.54, 1.807) is 12.1 Å². The summed E-state index contributed by atoms with van der Waals surface area (Å²) in [7, 11) is 0. The number of piperazine rings is 1. The average Bonchev–Trinajstić information content (AvgIpc) is 2.80. The number of rotatable bonds is 6. The quantitative estimate of drug-likeness (QED) is 0.465. The first-order chi connectivity index (χ1) is 15.1. The maximum absolute atomic E-state index is 12.4. The van der Waals surface area contributed by atoms with Crippen molar-refractivity contribution >= 4 is 39.2 Å². The molecule has 1 aromatic heterocycles. The van der Waals surface area contributed by atoms with Gasteiger partial charge in [-0.05, 0) is 33.6 Å². The van der Waals surface area contributed by atoms with Crippen LogP contribution in [0.25, 0.3) is 0 Å². The molecule has 0 bridgehead atoms. The van der Waals surface area contributed by atoms with Crippen LogP contribution >= 0.6 is 15.9 Å². The summed E-state index contributed by atoms with van der Waals surface area (Å²) >= 11 is 3.38. The molecule has 1 amide bonds. The van der Waals surface area contributed by atoms with Gasteiger partial charge < -0.3 is 10.6 Å². The zero-order valence-electron chi connectivity index (χ0n) is 17.0. The number of hydrogen-bond donors (Lipinski definition) is 3. The molecule has 0 spiro atoms. The van der Waals surface area contributed by atoms with Crippen molar-refractivity contribution in [3.8, 4) is 0 Å². The maximum Gasteiger partial charge on any atom is 0.270 e. The molecule has 0 saturated carbocycles. The summed E-state index contributed by atoms with van der Waals surface area (Å²) < 4.78 is 0.707. The van der Waals surface area contributed by atoms with E-state index in [2.05, 4.69) is 70.8 Å². The summed E-state index contributed by atoms with van der Waals surface area (Å²) in [6, 6.07) is 17.6. The number of benzene rings is 2. The van der Waals surface area contributed by atoms with Crippen molar-refractivity contribution in [3.05, 3.63) is 76.5 Å². The Morgan fingerprint density at radius 1 is 1.00 bits per heavy atom. The number of aromatic nitrogens is 2. The molecule has 2 heterocycles. The maximum atomic E-state index is 12.4. The number of anilines is 3. The van der Waals surface area contributed by atoms with Gasteiger partial charge in [-0.15, -0.1) is 0 Å². The normalized spacial score (nSPS) is 14.3. The van der Waals surface area contributed by atoms with E-state index >= 15 is 0 Å². The molecule has 1 fully saturated rings. The van der Waals surface area contributed by atoms with Gasteiger partial charge in [0.2, 0.25) is 0 Å². The molecule has 4 rings (SSSR count). The molecule has 0 atom stereocenters. The number of carbonyl (C=O) groups is 1. The van der Waals surface area contributed by atoms with Gasteiger partial charge in [0.05, 0.1) is 5.56 Å². The molecule has 1 saturated heterocycles. The number of nitrogens with two attached hydrogens (primary N) is 1. The predicted octanol–water partition coefficient (Wildman–Crippen LogP) is 2.90. The Hall–Kier alpha value is -3.17. The Labute approximate surface area is 189 Å². The minimum atomic E-state index is -0.290. The average molecular weight is 482 g/mol. The minimum Gasteiger partial charge on any atom is -0.393 e. The van der Waals surface area contributed by atoms with Crippen LogP contribution in [0.2, 0.25) is 0 Å². The molecule has 1 aliphatic heterocycles. The van der Waals surface area contributed by atoms with Crippen molar-refractivity contribution in [1.29, 1.82) is 0 Å². The van der Waals surface area contributed by atoms with Crippen LogP contribution in [0.4, 0.5) is 17.3 Å². The Balaban J connectivity index is 1.37. The molecular weight excluding hydrogens is 458 g/mol. The summed E-state index contributed by atoms with van der Waals surface area (Å²) in [5.41, 5.74) is 14.0. The monoisotopic (exact) mass is 481 g/mol. The van der Waals surface area contributed by atoms with Crippen LogP contribution in [0.3, 0.4) is 0 Å². The van der Waals surface area contributed by atoms with Crippen LogP contribution < -0.4 is 21.5 Å². The topological polar surface area (TPSA) is 99.4 Å². The Bertz CT molecular complexity index is 1040. The van der Waals surface area contributed by atoms with Crippen molar-refractivity contribution < 1.29 is 4.79 Å². The van der Waals surface area contributed by atoms with Crippen molar-refractivity contribution in [2.24, 2.45) is 0 Å². The first kappa shape index (κ1) is 21.1. The third-order valence-electron chi connectivity index (χ3n) is 5.20. The summed E-state index contributed by atoms with van der Waals surface area (Å²) in [5, 5.41) is 0. The lowest BCUT2D eigenvalue weighted by atomic mass is 10.2. The highest BCUT2D eigenvalue weighted by Gasteiger charge is 2.21. The minimum absolute atomic E-state index is 0.290. The summed E-state index contributed by atoms with van der Waals surface area (Å²) in [6.45, 7) is 4.40. The Morgan fingerprint density at radius 3 is 2.45 bits per heavy atom. The van der Waals surface area contributed by atoms with Crippen LogP contribution in [0.5, 0.6) is 0 Å². The smallest absolute Gasteiger partial charge is 0.270 e. The van der Waals surface area contributed by atoms with Crippen molar-refractivity contribution in [3.63, 3.8) is 0 Å². The fourth-order valence-electron chi connectivity index (χ4n) is 3.53. The third kappa shape index (κ3) is 5.12. The summed E-state index contributed by atoms with van der Waals surface area (Å²) in [5.74, 6) is 0.755. The standard InChI is InChI=1S/C22H24BrN7O/c23-18-9-5-4-8-17(18)22(31)28-27-20-19(24)21(26-15-25-20)30-12-10-29(11-13-30)14-16-6-2-1-3-7-16/h1-9,15H,10-14,24H2,(H,28,31)(H,25,26,27). The molecule has 4 N–H and O–H groups in total. The van der Waals surface area contributed by atoms with Crippen LogP contribution in [-0.4, -0.2) is 47.0 Å². The Kier molecular flexibility index (Phi) is 6.63. The van der Waals surface area contributed by atoms with Gasteiger partial charge in [0, 0.05) is 37.2 Å². The molecule has 9 heteroatoms. The number of hydrogen-bond acceptors (Lipinski definition) is 7. The highest BCUT2D eigenvalue weighted by atomic mass is 79.9. The van der Waals surface area contributed by atoms with Gasteiger partial charge in [-0.25, -0.2) is 9.97 Å². The number of nitrogen functional groups attached to an aromatic ring is 1. The molecule has 160 valence electrons. The summed E-state index contributed by atoms with van der Waals surface area (Å²) in [6.07, 6.45) is 1.45. The predicted molar refractivity (Wildman–Crippen MR) is 126 cm³/mol. The van der Waals surface area contributed by atoms with E-state index in [1.807, 2.05) is 18.2 Å². The van der Waals surface area contributed by atoms with E-state index in [9.17, 15) is 4.79 Å². The van der Waals surface area contributed by atoms with Crippen LogP contribution in [0.15, 0.2) is 65.4 Å². The second-order valence-electron chi connectivity index (χ2n) is 7.27. The van der Waals surface area contributed by atoms with Crippen LogP contribution in [-0.2, 0) is 6.54 Å². The van der Waals surface area contributed by atoms with Gasteiger partial charge in [-0.1, -0.05) is 42.5 Å². The van der Waals surface area contributed by atoms with Gasteiger partial charge in [0.15, 0.2) is 11.6 Å². The van der Waals surface area contributed by atoms with Gasteiger partial charge in [0.25, 0.3) is 5.91 Å². The van der Waals surface area contributed by atoms with E-state index in [0.29, 0.717) is 27.4 Å². The summed E-state index contributed by atoms with van der Waals surface area (Å²) in [4.78, 5) is 25.6. The van der Waals surface area contributed by atoms with Gasteiger partial charge in [-0.3, -0.25) is 20.5 Å². The lowest BCUT2D eigenvalue weighted by Crippen LogP contribution is -2.46. The lowest BCUT2D eigenvalue weighted by Gasteiger charge is -2.36. The molecule has 0 aliphatic carbocycles. The highest BCUT2D eigenvalue weighted by molar-refractivity contribution is 9.10. The third-order valence-corrected chi connectivity index (χ3v) is 5.89. The van der Waals surface area contributed by atoms with Crippen LogP contribution in [0.1, 0.15) is 15.9 Å². The van der Waals surface area contributed by atoms with E-state index in [1.165, 1.54) is 11.9 Å². The molecule has 31 heavy (non-hydrogen) atoms. The highest BCUT2D eigenvalue weighted by Crippen LogP contribution is 2.27. The van der Waals surface area contributed by atoms with Crippen LogP contribution in [0, 0.1) is 0 Å². The first-order valence-corrected chi connectivity index (χ1v) is 10.8. The molecule has 0 unspecified atom stereocenters. The number of hydrazine groups is 1. The number of carbonyl (C=O) groups excluding carboxylic acids is 1. The molecular formula is C22H24BrN7O. The lowest BCUT2D eigenvalue weighted by molar-refractivity contribution is 0.0961. The second kappa shape index (κ2) is 9.76. The number of halogens is 1. The second-order valence-corrected chi connectivity index (χ2v) is 8.12. The number of amides is 1. The van der Waals surface area contributed by atoms with E-state index < -0.39 is 0 Å². The number of nitrogens with one attached hydrogen (secondary N) is 2. The fourth-order valence-corrected chi connectivity index (χ4v) is 3.99. The SMILES string of the molecule is Nc1c(NNC(=O)c2ccccc2Br)ncnc1N1CCN(Cc2ccccc2)CC1. The first-order valence-electron chi connectivity index (χ1n) is 10.0. The molecule has 0 radical (unpaired) electrons. The molecule has 8 nitrogen and oxygen atoms in total. The zero-order valence-corrected chi connectivity index (χ0v) is 18.5. The molecule has 1 aliphatic rings. The van der Waals surface area contributed by atoms with E-state index in [0.717, 1.165) is 32.7 Å². The van der Waals surface area contributed by atoms with E-state index in [-0.39, 0.29) is 5.91 Å². The Morgan fingerprint density at radius 2 is 1.71 bits per heavy atom. The molecule has 2 aromatic carbocycles. The van der Waals surface area contributed by atoms with Crippen molar-refractivity contribution in [1.82, 2.24) is 20.3 Å².